The standard InChI is InChI=1S/C30H27N3O3/c1-20-15-16-27(21(2)18-20)33-28(31-26-14-8-7-13-25(26)30(33)35)22(3)32(19-24-12-9-17-36-24)29(34)23-10-5-4-6-11-23/h4-18,22H,19H2,1-3H3. The molecule has 0 aliphatic carbocycles. The van der Waals surface area contributed by atoms with Crippen molar-refractivity contribution in [2.75, 3.05) is 0 Å². The Morgan fingerprint density at radius 3 is 2.44 bits per heavy atom. The highest BCUT2D eigenvalue weighted by Gasteiger charge is 2.29. The first-order chi connectivity index (χ1) is 17.4. The summed E-state index contributed by atoms with van der Waals surface area (Å²) in [5.41, 5.74) is 3.78. The van der Waals surface area contributed by atoms with Gasteiger partial charge in [0.15, 0.2) is 0 Å². The molecule has 2 aromatic heterocycles. The predicted octanol–water partition coefficient (Wildman–Crippen LogP) is 6.00. The minimum atomic E-state index is -0.541. The molecule has 0 spiro atoms. The summed E-state index contributed by atoms with van der Waals surface area (Å²) < 4.78 is 7.24. The molecule has 1 atom stereocenters. The van der Waals surface area contributed by atoms with Crippen LogP contribution in [0.25, 0.3) is 16.6 Å². The lowest BCUT2D eigenvalue weighted by molar-refractivity contribution is 0.0648. The highest BCUT2D eigenvalue weighted by Crippen LogP contribution is 2.27. The van der Waals surface area contributed by atoms with Gasteiger partial charge in [-0.3, -0.25) is 14.2 Å². The summed E-state index contributed by atoms with van der Waals surface area (Å²) in [6.07, 6.45) is 1.59. The highest BCUT2D eigenvalue weighted by molar-refractivity contribution is 5.94. The van der Waals surface area contributed by atoms with Crippen LogP contribution >= 0.6 is 0 Å². The van der Waals surface area contributed by atoms with Crippen molar-refractivity contribution in [1.29, 1.82) is 0 Å². The molecule has 180 valence electrons. The molecule has 5 rings (SSSR count). The average Bonchev–Trinajstić information content (AvgIpc) is 3.41. The Morgan fingerprint density at radius 1 is 0.972 bits per heavy atom. The summed E-state index contributed by atoms with van der Waals surface area (Å²) in [5, 5.41) is 0.528. The number of hydrogen-bond donors (Lipinski definition) is 0. The summed E-state index contributed by atoms with van der Waals surface area (Å²) in [6, 6.07) is 25.5. The van der Waals surface area contributed by atoms with Crippen LogP contribution in [-0.2, 0) is 6.54 Å². The number of carbonyl (C=O) groups excluding carboxylic acids is 1. The smallest absolute Gasteiger partial charge is 0.266 e. The van der Waals surface area contributed by atoms with Gasteiger partial charge in [0.1, 0.15) is 11.6 Å². The fourth-order valence-electron chi connectivity index (χ4n) is 4.56. The SMILES string of the molecule is Cc1ccc(-n2c(C(C)N(Cc3ccco3)C(=O)c3ccccc3)nc3ccccc3c2=O)c(C)c1. The van der Waals surface area contributed by atoms with Gasteiger partial charge in [0.05, 0.1) is 35.4 Å². The Hall–Kier alpha value is -4.45. The quantitative estimate of drug-likeness (QED) is 0.301. The fraction of sp³-hybridized carbons (Fsp3) is 0.167. The van der Waals surface area contributed by atoms with Crippen molar-refractivity contribution in [2.24, 2.45) is 0 Å². The van der Waals surface area contributed by atoms with Gasteiger partial charge in [-0.2, -0.15) is 0 Å². The number of hydrogen-bond acceptors (Lipinski definition) is 4. The van der Waals surface area contributed by atoms with Crippen LogP contribution in [0.2, 0.25) is 0 Å². The molecule has 36 heavy (non-hydrogen) atoms. The van der Waals surface area contributed by atoms with E-state index in [0.717, 1.165) is 16.8 Å². The van der Waals surface area contributed by atoms with Crippen LogP contribution in [0.5, 0.6) is 0 Å². The number of aryl methyl sites for hydroxylation is 2. The van der Waals surface area contributed by atoms with Crippen LogP contribution in [0.3, 0.4) is 0 Å². The molecular weight excluding hydrogens is 450 g/mol. The number of benzene rings is 3. The number of nitrogens with zero attached hydrogens (tertiary/aromatic N) is 3. The zero-order valence-corrected chi connectivity index (χ0v) is 20.5. The summed E-state index contributed by atoms with van der Waals surface area (Å²) in [6.45, 7) is 6.14. The van der Waals surface area contributed by atoms with Gasteiger partial charge in [-0.15, -0.1) is 0 Å². The molecule has 0 radical (unpaired) electrons. The zero-order valence-electron chi connectivity index (χ0n) is 20.5. The van der Waals surface area contributed by atoms with E-state index >= 15 is 0 Å². The normalized spacial score (nSPS) is 12.0. The molecule has 0 bridgehead atoms. The minimum Gasteiger partial charge on any atom is -0.467 e. The first kappa shape index (κ1) is 23.3. The third-order valence-electron chi connectivity index (χ3n) is 6.42. The summed E-state index contributed by atoms with van der Waals surface area (Å²) in [7, 11) is 0. The molecule has 3 aromatic carbocycles. The molecule has 0 N–H and O–H groups in total. The van der Waals surface area contributed by atoms with E-state index in [2.05, 4.69) is 0 Å². The maximum Gasteiger partial charge on any atom is 0.266 e. The number of fused-ring (bicyclic) bond motifs is 1. The van der Waals surface area contributed by atoms with Gasteiger partial charge in [0, 0.05) is 5.56 Å². The highest BCUT2D eigenvalue weighted by atomic mass is 16.3. The van der Waals surface area contributed by atoms with E-state index in [1.165, 1.54) is 0 Å². The third-order valence-corrected chi connectivity index (χ3v) is 6.42. The van der Waals surface area contributed by atoms with Crippen LogP contribution in [0.1, 0.15) is 46.0 Å². The minimum absolute atomic E-state index is 0.167. The van der Waals surface area contributed by atoms with Crippen molar-refractivity contribution >= 4 is 16.8 Å². The maximum atomic E-state index is 13.9. The van der Waals surface area contributed by atoms with Gasteiger partial charge in [-0.25, -0.2) is 4.98 Å². The molecule has 1 amide bonds. The van der Waals surface area contributed by atoms with E-state index in [1.807, 2.05) is 81.4 Å². The van der Waals surface area contributed by atoms with E-state index in [-0.39, 0.29) is 18.0 Å². The van der Waals surface area contributed by atoms with E-state index in [0.29, 0.717) is 28.1 Å². The van der Waals surface area contributed by atoms with Crippen molar-refractivity contribution in [3.8, 4) is 5.69 Å². The Morgan fingerprint density at radius 2 is 1.72 bits per heavy atom. The molecule has 2 heterocycles. The van der Waals surface area contributed by atoms with Gasteiger partial charge in [-0.1, -0.05) is 48.0 Å². The molecule has 6 heteroatoms. The number of para-hydroxylation sites is 1. The second-order valence-corrected chi connectivity index (χ2v) is 8.97. The summed E-state index contributed by atoms with van der Waals surface area (Å²) >= 11 is 0. The molecular formula is C30H27N3O3. The largest absolute Gasteiger partial charge is 0.467 e. The first-order valence-electron chi connectivity index (χ1n) is 11.9. The lowest BCUT2D eigenvalue weighted by Crippen LogP contribution is -2.37. The van der Waals surface area contributed by atoms with E-state index in [1.54, 1.807) is 40.0 Å². The topological polar surface area (TPSA) is 68.3 Å². The number of furan rings is 1. The second kappa shape index (κ2) is 9.66. The molecule has 0 aliphatic rings. The van der Waals surface area contributed by atoms with Crippen molar-refractivity contribution < 1.29 is 9.21 Å². The molecule has 5 aromatic rings. The van der Waals surface area contributed by atoms with Crippen LogP contribution < -0.4 is 5.56 Å². The number of amides is 1. The third kappa shape index (κ3) is 4.33. The Balaban J connectivity index is 1.72. The van der Waals surface area contributed by atoms with Crippen molar-refractivity contribution in [3.63, 3.8) is 0 Å². The summed E-state index contributed by atoms with van der Waals surface area (Å²) in [4.78, 5) is 34.3. The van der Waals surface area contributed by atoms with Crippen molar-refractivity contribution in [2.45, 2.75) is 33.4 Å². The molecule has 0 saturated heterocycles. The molecule has 1 unspecified atom stereocenters. The van der Waals surface area contributed by atoms with E-state index in [9.17, 15) is 9.59 Å². The average molecular weight is 478 g/mol. The summed E-state index contributed by atoms with van der Waals surface area (Å²) in [5.74, 6) is 0.961. The van der Waals surface area contributed by atoms with Crippen LogP contribution in [0.15, 0.2) is 100 Å². The van der Waals surface area contributed by atoms with Gasteiger partial charge in [-0.05, 0) is 68.8 Å². The lowest BCUT2D eigenvalue weighted by Gasteiger charge is -2.30. The molecule has 6 nitrogen and oxygen atoms in total. The Bertz CT molecular complexity index is 1590. The van der Waals surface area contributed by atoms with Crippen LogP contribution in [0, 0.1) is 13.8 Å². The predicted molar refractivity (Wildman–Crippen MR) is 140 cm³/mol. The molecule has 0 fully saturated rings. The van der Waals surface area contributed by atoms with Crippen LogP contribution in [0.4, 0.5) is 0 Å². The van der Waals surface area contributed by atoms with Crippen LogP contribution in [-0.4, -0.2) is 20.4 Å². The van der Waals surface area contributed by atoms with Gasteiger partial charge in [0.2, 0.25) is 0 Å². The van der Waals surface area contributed by atoms with E-state index < -0.39 is 6.04 Å². The van der Waals surface area contributed by atoms with E-state index in [4.69, 9.17) is 9.40 Å². The monoisotopic (exact) mass is 477 g/mol. The second-order valence-electron chi connectivity index (χ2n) is 8.97. The Kier molecular flexibility index (Phi) is 6.25. The zero-order chi connectivity index (χ0) is 25.2. The fourth-order valence-corrected chi connectivity index (χ4v) is 4.56. The van der Waals surface area contributed by atoms with Crippen molar-refractivity contribution in [1.82, 2.24) is 14.5 Å². The van der Waals surface area contributed by atoms with Gasteiger partial charge >= 0.3 is 0 Å². The molecule has 0 saturated carbocycles. The lowest BCUT2D eigenvalue weighted by atomic mass is 10.1. The number of carbonyl (C=O) groups is 1. The van der Waals surface area contributed by atoms with Crippen molar-refractivity contribution in [3.05, 3.63) is 130 Å². The van der Waals surface area contributed by atoms with Gasteiger partial charge < -0.3 is 9.32 Å². The number of aromatic nitrogens is 2. The molecule has 0 aliphatic heterocycles. The first-order valence-corrected chi connectivity index (χ1v) is 11.9. The Labute approximate surface area is 209 Å². The number of rotatable bonds is 6. The maximum absolute atomic E-state index is 13.9. The van der Waals surface area contributed by atoms with Gasteiger partial charge in [0.25, 0.3) is 11.5 Å².